The van der Waals surface area contributed by atoms with E-state index in [-0.39, 0.29) is 24.0 Å². The standard InChI is InChI=1S/C15H20FNO3/c1-10-8-15(14(18)19-3,9-11(2)20-10)17-13-6-4-5-12(16)7-13/h4-7,10-11,17H,8-9H2,1-3H3. The first-order valence-electron chi connectivity index (χ1n) is 6.73. The zero-order chi connectivity index (χ0) is 14.8. The first kappa shape index (κ1) is 14.8. The van der Waals surface area contributed by atoms with E-state index in [2.05, 4.69) is 5.32 Å². The van der Waals surface area contributed by atoms with Crippen LogP contribution in [0.5, 0.6) is 0 Å². The number of nitrogens with one attached hydrogen (secondary N) is 1. The van der Waals surface area contributed by atoms with E-state index in [1.54, 1.807) is 12.1 Å². The molecule has 1 aromatic carbocycles. The Morgan fingerprint density at radius 3 is 2.60 bits per heavy atom. The average molecular weight is 281 g/mol. The Kier molecular flexibility index (Phi) is 4.28. The van der Waals surface area contributed by atoms with Gasteiger partial charge >= 0.3 is 5.97 Å². The molecule has 1 heterocycles. The maximum absolute atomic E-state index is 13.3. The second-order valence-electron chi connectivity index (χ2n) is 5.37. The van der Waals surface area contributed by atoms with Gasteiger partial charge in [-0.05, 0) is 32.0 Å². The lowest BCUT2D eigenvalue weighted by Gasteiger charge is -2.41. The predicted molar refractivity (Wildman–Crippen MR) is 74.0 cm³/mol. The van der Waals surface area contributed by atoms with Crippen molar-refractivity contribution in [3.63, 3.8) is 0 Å². The first-order valence-corrected chi connectivity index (χ1v) is 6.73. The molecule has 0 bridgehead atoms. The molecule has 1 N–H and O–H groups in total. The highest BCUT2D eigenvalue weighted by atomic mass is 19.1. The number of carbonyl (C=O) groups is 1. The molecule has 0 saturated carbocycles. The van der Waals surface area contributed by atoms with Gasteiger partial charge in [-0.1, -0.05) is 6.07 Å². The minimum atomic E-state index is -0.875. The van der Waals surface area contributed by atoms with Gasteiger partial charge in [0.2, 0.25) is 0 Å². The van der Waals surface area contributed by atoms with Gasteiger partial charge in [0.1, 0.15) is 11.4 Å². The third-order valence-corrected chi connectivity index (χ3v) is 3.52. The van der Waals surface area contributed by atoms with Crippen LogP contribution in [0.2, 0.25) is 0 Å². The Morgan fingerprint density at radius 2 is 2.05 bits per heavy atom. The summed E-state index contributed by atoms with van der Waals surface area (Å²) in [5.74, 6) is -0.688. The van der Waals surface area contributed by atoms with Crippen LogP contribution >= 0.6 is 0 Å². The molecule has 2 rings (SSSR count). The summed E-state index contributed by atoms with van der Waals surface area (Å²) in [5, 5.41) is 3.15. The zero-order valence-corrected chi connectivity index (χ0v) is 12.0. The molecule has 2 unspecified atom stereocenters. The smallest absolute Gasteiger partial charge is 0.331 e. The first-order chi connectivity index (χ1) is 9.45. The van der Waals surface area contributed by atoms with Crippen LogP contribution in [0, 0.1) is 5.82 Å². The maximum atomic E-state index is 13.3. The fraction of sp³-hybridized carbons (Fsp3) is 0.533. The molecule has 1 saturated heterocycles. The Hall–Kier alpha value is -1.62. The normalized spacial score (nSPS) is 29.8. The molecule has 1 aromatic rings. The number of hydrogen-bond donors (Lipinski definition) is 1. The monoisotopic (exact) mass is 281 g/mol. The van der Waals surface area contributed by atoms with E-state index >= 15 is 0 Å². The van der Waals surface area contributed by atoms with Crippen LogP contribution in [0.1, 0.15) is 26.7 Å². The zero-order valence-electron chi connectivity index (χ0n) is 12.0. The average Bonchev–Trinajstić information content (AvgIpc) is 2.36. The quantitative estimate of drug-likeness (QED) is 0.865. The summed E-state index contributed by atoms with van der Waals surface area (Å²) >= 11 is 0. The van der Waals surface area contributed by atoms with E-state index in [1.165, 1.54) is 19.2 Å². The highest BCUT2D eigenvalue weighted by Gasteiger charge is 2.46. The van der Waals surface area contributed by atoms with Crippen molar-refractivity contribution >= 4 is 11.7 Å². The van der Waals surface area contributed by atoms with E-state index in [9.17, 15) is 9.18 Å². The molecule has 20 heavy (non-hydrogen) atoms. The third kappa shape index (κ3) is 3.10. The van der Waals surface area contributed by atoms with Crippen molar-refractivity contribution < 1.29 is 18.7 Å². The van der Waals surface area contributed by atoms with E-state index in [1.807, 2.05) is 13.8 Å². The molecule has 4 nitrogen and oxygen atoms in total. The van der Waals surface area contributed by atoms with Gasteiger partial charge in [-0.3, -0.25) is 0 Å². The molecule has 0 amide bonds. The van der Waals surface area contributed by atoms with Crippen molar-refractivity contribution in [2.45, 2.75) is 44.4 Å². The summed E-state index contributed by atoms with van der Waals surface area (Å²) in [6.07, 6.45) is 0.832. The molecule has 1 aliphatic rings. The molecule has 0 radical (unpaired) electrons. The minimum Gasteiger partial charge on any atom is -0.467 e. The van der Waals surface area contributed by atoms with Gasteiger partial charge in [0.05, 0.1) is 19.3 Å². The van der Waals surface area contributed by atoms with E-state index in [0.29, 0.717) is 18.5 Å². The summed E-state index contributed by atoms with van der Waals surface area (Å²) in [7, 11) is 1.36. The highest BCUT2D eigenvalue weighted by Crippen LogP contribution is 2.33. The van der Waals surface area contributed by atoms with E-state index in [4.69, 9.17) is 9.47 Å². The Bertz CT molecular complexity index is 482. The van der Waals surface area contributed by atoms with Crippen LogP contribution < -0.4 is 5.32 Å². The number of esters is 1. The van der Waals surface area contributed by atoms with Gasteiger partial charge in [0.25, 0.3) is 0 Å². The van der Waals surface area contributed by atoms with Crippen LogP contribution in [-0.2, 0) is 14.3 Å². The number of carbonyl (C=O) groups excluding carboxylic acids is 1. The van der Waals surface area contributed by atoms with Gasteiger partial charge in [-0.15, -0.1) is 0 Å². The summed E-state index contributed by atoms with van der Waals surface area (Å²) in [5.41, 5.74) is -0.309. The summed E-state index contributed by atoms with van der Waals surface area (Å²) < 4.78 is 23.9. The number of benzene rings is 1. The molecule has 0 aliphatic carbocycles. The minimum absolute atomic E-state index is 0.0705. The fourth-order valence-corrected chi connectivity index (χ4v) is 2.92. The fourth-order valence-electron chi connectivity index (χ4n) is 2.92. The van der Waals surface area contributed by atoms with Crippen LogP contribution in [0.25, 0.3) is 0 Å². The van der Waals surface area contributed by atoms with Gasteiger partial charge in [-0.2, -0.15) is 0 Å². The predicted octanol–water partition coefficient (Wildman–Crippen LogP) is 2.74. The maximum Gasteiger partial charge on any atom is 0.331 e. The molecule has 1 aliphatic heterocycles. The van der Waals surface area contributed by atoms with Crippen molar-refractivity contribution in [3.8, 4) is 0 Å². The molecular formula is C15H20FNO3. The Labute approximate surface area is 118 Å². The van der Waals surface area contributed by atoms with Gasteiger partial charge < -0.3 is 14.8 Å². The summed E-state index contributed by atoms with van der Waals surface area (Å²) in [6, 6.07) is 6.08. The van der Waals surface area contributed by atoms with Crippen molar-refractivity contribution in [3.05, 3.63) is 30.1 Å². The van der Waals surface area contributed by atoms with Crippen molar-refractivity contribution in [2.75, 3.05) is 12.4 Å². The number of ether oxygens (including phenoxy) is 2. The molecular weight excluding hydrogens is 261 g/mol. The van der Waals surface area contributed by atoms with Crippen molar-refractivity contribution in [2.24, 2.45) is 0 Å². The van der Waals surface area contributed by atoms with Crippen LogP contribution in [0.4, 0.5) is 10.1 Å². The number of anilines is 1. The largest absolute Gasteiger partial charge is 0.467 e. The number of rotatable bonds is 3. The van der Waals surface area contributed by atoms with Gasteiger partial charge in [-0.25, -0.2) is 9.18 Å². The lowest BCUT2D eigenvalue weighted by molar-refractivity contribution is -0.154. The summed E-state index contributed by atoms with van der Waals surface area (Å²) in [4.78, 5) is 12.2. The van der Waals surface area contributed by atoms with E-state index < -0.39 is 5.54 Å². The lowest BCUT2D eigenvalue weighted by Crippen LogP contribution is -2.55. The molecule has 0 spiro atoms. The molecule has 110 valence electrons. The molecule has 5 heteroatoms. The second-order valence-corrected chi connectivity index (χ2v) is 5.37. The molecule has 0 aromatic heterocycles. The highest BCUT2D eigenvalue weighted by molar-refractivity contribution is 5.84. The number of halogens is 1. The van der Waals surface area contributed by atoms with Gasteiger partial charge in [0, 0.05) is 18.5 Å². The lowest BCUT2D eigenvalue weighted by atomic mass is 9.83. The second kappa shape index (κ2) is 5.79. The third-order valence-electron chi connectivity index (χ3n) is 3.52. The topological polar surface area (TPSA) is 47.6 Å². The SMILES string of the molecule is COC(=O)C1(Nc2cccc(F)c2)CC(C)OC(C)C1. The Morgan fingerprint density at radius 1 is 1.40 bits per heavy atom. The molecule has 1 fully saturated rings. The molecule has 2 atom stereocenters. The Balaban J connectivity index is 2.30. The van der Waals surface area contributed by atoms with Crippen molar-refractivity contribution in [1.29, 1.82) is 0 Å². The van der Waals surface area contributed by atoms with Crippen LogP contribution in [0.3, 0.4) is 0 Å². The van der Waals surface area contributed by atoms with Crippen LogP contribution in [-0.4, -0.2) is 30.8 Å². The number of hydrogen-bond acceptors (Lipinski definition) is 4. The van der Waals surface area contributed by atoms with Crippen LogP contribution in [0.15, 0.2) is 24.3 Å². The number of methoxy groups -OCH3 is 1. The van der Waals surface area contributed by atoms with Crippen molar-refractivity contribution in [1.82, 2.24) is 0 Å². The van der Waals surface area contributed by atoms with Gasteiger partial charge in [0.15, 0.2) is 0 Å². The summed E-state index contributed by atoms with van der Waals surface area (Å²) in [6.45, 7) is 3.83. The van der Waals surface area contributed by atoms with E-state index in [0.717, 1.165) is 0 Å².